The maximum Gasteiger partial charge on any atom is 0.224 e. The Bertz CT molecular complexity index is 633. The summed E-state index contributed by atoms with van der Waals surface area (Å²) in [5.41, 5.74) is 1.27. The zero-order valence-corrected chi connectivity index (χ0v) is 16.7. The number of nitrogens with one attached hydrogen (secondary N) is 2. The van der Waals surface area contributed by atoms with Crippen LogP contribution in [0.4, 0.5) is 5.69 Å². The largest absolute Gasteiger partial charge is 0.369 e. The summed E-state index contributed by atoms with van der Waals surface area (Å²) in [7, 11) is 1.79. The number of carbonyl (C=O) groups is 1. The molecule has 6 heteroatoms. The van der Waals surface area contributed by atoms with Crippen LogP contribution in [0.3, 0.4) is 0 Å². The van der Waals surface area contributed by atoms with E-state index in [1.165, 1.54) is 12.1 Å². The summed E-state index contributed by atoms with van der Waals surface area (Å²) in [5, 5.41) is 6.81. The quantitative estimate of drug-likeness (QED) is 0.615. The van der Waals surface area contributed by atoms with Crippen LogP contribution in [0.15, 0.2) is 35.3 Å². The van der Waals surface area contributed by atoms with Gasteiger partial charge in [0, 0.05) is 57.4 Å². The highest BCUT2D eigenvalue weighted by Crippen LogP contribution is 2.19. The molecule has 27 heavy (non-hydrogen) atoms. The number of amides is 1. The van der Waals surface area contributed by atoms with Gasteiger partial charge in [-0.3, -0.25) is 9.79 Å². The first-order valence-electron chi connectivity index (χ1n) is 10.2. The number of para-hydroxylation sites is 1. The number of aliphatic imine (C=N–C) groups is 1. The molecule has 0 radical (unpaired) electrons. The third kappa shape index (κ3) is 5.37. The topological polar surface area (TPSA) is 60.0 Å². The molecule has 1 amide bonds. The lowest BCUT2D eigenvalue weighted by Gasteiger charge is -2.33. The summed E-state index contributed by atoms with van der Waals surface area (Å²) in [6.45, 7) is 5.70. The number of benzene rings is 1. The van der Waals surface area contributed by atoms with E-state index >= 15 is 0 Å². The minimum Gasteiger partial charge on any atom is -0.369 e. The summed E-state index contributed by atoms with van der Waals surface area (Å²) in [5.74, 6) is 1.04. The molecule has 0 spiro atoms. The molecule has 148 valence electrons. The summed E-state index contributed by atoms with van der Waals surface area (Å²) in [6.07, 6.45) is 5.10. The number of anilines is 1. The summed E-state index contributed by atoms with van der Waals surface area (Å²) < 4.78 is 0. The number of hydrogen-bond acceptors (Lipinski definition) is 3. The third-order valence-electron chi connectivity index (χ3n) is 5.63. The van der Waals surface area contributed by atoms with E-state index in [0.717, 1.165) is 44.9 Å². The molecule has 2 aliphatic rings. The highest BCUT2D eigenvalue weighted by molar-refractivity contribution is 5.81. The van der Waals surface area contributed by atoms with E-state index < -0.39 is 0 Å². The van der Waals surface area contributed by atoms with Gasteiger partial charge in [0.2, 0.25) is 5.91 Å². The van der Waals surface area contributed by atoms with E-state index in [1.807, 2.05) is 11.0 Å². The Kier molecular flexibility index (Phi) is 6.96. The summed E-state index contributed by atoms with van der Waals surface area (Å²) >= 11 is 0. The molecular weight excluding hydrogens is 338 g/mol. The number of piperidine rings is 1. The van der Waals surface area contributed by atoms with Crippen LogP contribution in [0.5, 0.6) is 0 Å². The highest BCUT2D eigenvalue weighted by atomic mass is 16.2. The maximum absolute atomic E-state index is 12.4. The minimum absolute atomic E-state index is 0.251. The van der Waals surface area contributed by atoms with Crippen molar-refractivity contribution < 1.29 is 4.79 Å². The first-order chi connectivity index (χ1) is 13.2. The SMILES string of the molecule is CN=C(NCCC(=O)N1CCCCC1C)NC1CCN(c2ccccc2)C1. The molecule has 2 aliphatic heterocycles. The molecule has 1 aromatic rings. The Labute approximate surface area is 163 Å². The van der Waals surface area contributed by atoms with Crippen molar-refractivity contribution in [2.24, 2.45) is 4.99 Å². The van der Waals surface area contributed by atoms with Gasteiger partial charge in [0.1, 0.15) is 0 Å². The Balaban J connectivity index is 1.40. The van der Waals surface area contributed by atoms with Gasteiger partial charge in [-0.1, -0.05) is 18.2 Å². The van der Waals surface area contributed by atoms with Gasteiger partial charge < -0.3 is 20.4 Å². The van der Waals surface area contributed by atoms with Crippen molar-refractivity contribution >= 4 is 17.6 Å². The molecule has 6 nitrogen and oxygen atoms in total. The van der Waals surface area contributed by atoms with Gasteiger partial charge in [0.25, 0.3) is 0 Å². The average molecular weight is 372 g/mol. The Morgan fingerprint density at radius 2 is 2.00 bits per heavy atom. The summed E-state index contributed by atoms with van der Waals surface area (Å²) in [6, 6.07) is 11.3. The second kappa shape index (κ2) is 9.62. The number of nitrogens with zero attached hydrogens (tertiary/aromatic N) is 3. The van der Waals surface area contributed by atoms with Crippen molar-refractivity contribution in [1.29, 1.82) is 0 Å². The summed E-state index contributed by atoms with van der Waals surface area (Å²) in [4.78, 5) is 21.2. The van der Waals surface area contributed by atoms with Crippen LogP contribution in [0.25, 0.3) is 0 Å². The molecule has 2 N–H and O–H groups in total. The molecular formula is C21H33N5O. The smallest absolute Gasteiger partial charge is 0.224 e. The van der Waals surface area contributed by atoms with Crippen LogP contribution >= 0.6 is 0 Å². The predicted octanol–water partition coefficient (Wildman–Crippen LogP) is 2.22. The number of carbonyl (C=O) groups excluding carboxylic acids is 1. The second-order valence-electron chi connectivity index (χ2n) is 7.59. The molecule has 2 saturated heterocycles. The van der Waals surface area contributed by atoms with Gasteiger partial charge in [0.05, 0.1) is 0 Å². The molecule has 2 atom stereocenters. The monoisotopic (exact) mass is 371 g/mol. The lowest BCUT2D eigenvalue weighted by atomic mass is 10.0. The number of guanidine groups is 1. The Morgan fingerprint density at radius 3 is 2.74 bits per heavy atom. The van der Waals surface area contributed by atoms with Gasteiger partial charge in [-0.25, -0.2) is 0 Å². The number of hydrogen-bond donors (Lipinski definition) is 2. The van der Waals surface area contributed by atoms with Crippen LogP contribution in [0, 0.1) is 0 Å². The first kappa shape index (κ1) is 19.5. The predicted molar refractivity (Wildman–Crippen MR) is 111 cm³/mol. The van der Waals surface area contributed by atoms with Crippen molar-refractivity contribution in [2.75, 3.05) is 38.1 Å². The van der Waals surface area contributed by atoms with E-state index in [0.29, 0.717) is 25.0 Å². The lowest BCUT2D eigenvalue weighted by molar-refractivity contribution is -0.134. The molecule has 2 heterocycles. The normalized spacial score (nSPS) is 23.4. The van der Waals surface area contributed by atoms with E-state index in [-0.39, 0.29) is 5.91 Å². The fraction of sp³-hybridized carbons (Fsp3) is 0.619. The van der Waals surface area contributed by atoms with Crippen molar-refractivity contribution in [3.05, 3.63) is 30.3 Å². The van der Waals surface area contributed by atoms with Crippen molar-refractivity contribution in [2.45, 2.75) is 51.1 Å². The Morgan fingerprint density at radius 1 is 1.19 bits per heavy atom. The van der Waals surface area contributed by atoms with Gasteiger partial charge in [0.15, 0.2) is 5.96 Å². The van der Waals surface area contributed by atoms with Crippen molar-refractivity contribution in [1.82, 2.24) is 15.5 Å². The molecule has 3 rings (SSSR count). The number of rotatable bonds is 5. The van der Waals surface area contributed by atoms with Crippen molar-refractivity contribution in [3.8, 4) is 0 Å². The first-order valence-corrected chi connectivity index (χ1v) is 10.2. The zero-order chi connectivity index (χ0) is 19.1. The van der Waals surface area contributed by atoms with Gasteiger partial charge >= 0.3 is 0 Å². The average Bonchev–Trinajstić information content (AvgIpc) is 3.16. The van der Waals surface area contributed by atoms with E-state index in [2.05, 4.69) is 51.7 Å². The van der Waals surface area contributed by atoms with Gasteiger partial charge in [-0.2, -0.15) is 0 Å². The van der Waals surface area contributed by atoms with E-state index in [9.17, 15) is 4.79 Å². The minimum atomic E-state index is 0.251. The Hall–Kier alpha value is -2.24. The number of likely N-dealkylation sites (tertiary alicyclic amines) is 1. The molecule has 0 aromatic heterocycles. The molecule has 2 fully saturated rings. The van der Waals surface area contributed by atoms with Crippen LogP contribution in [0.2, 0.25) is 0 Å². The van der Waals surface area contributed by atoms with Crippen LogP contribution in [-0.4, -0.2) is 62.1 Å². The maximum atomic E-state index is 12.4. The van der Waals surface area contributed by atoms with E-state index in [4.69, 9.17) is 0 Å². The fourth-order valence-corrected chi connectivity index (χ4v) is 4.04. The highest BCUT2D eigenvalue weighted by Gasteiger charge is 2.24. The third-order valence-corrected chi connectivity index (χ3v) is 5.63. The zero-order valence-electron chi connectivity index (χ0n) is 16.7. The van der Waals surface area contributed by atoms with Crippen LogP contribution in [0.1, 0.15) is 39.0 Å². The van der Waals surface area contributed by atoms with Crippen LogP contribution in [-0.2, 0) is 4.79 Å². The lowest BCUT2D eigenvalue weighted by Crippen LogP contribution is -2.46. The van der Waals surface area contributed by atoms with Gasteiger partial charge in [-0.05, 0) is 44.7 Å². The molecule has 0 bridgehead atoms. The standard InChI is InChI=1S/C21H33N5O/c1-17-8-6-7-14-26(17)20(27)11-13-23-21(22-2)24-18-12-15-25(16-18)19-9-4-3-5-10-19/h3-5,9-10,17-18H,6-8,11-16H2,1-2H3,(H2,22,23,24). The van der Waals surface area contributed by atoms with E-state index in [1.54, 1.807) is 7.05 Å². The second-order valence-corrected chi connectivity index (χ2v) is 7.59. The van der Waals surface area contributed by atoms with Crippen molar-refractivity contribution in [3.63, 3.8) is 0 Å². The van der Waals surface area contributed by atoms with Gasteiger partial charge in [-0.15, -0.1) is 0 Å². The molecule has 1 aromatic carbocycles. The molecule has 2 unspecified atom stereocenters. The van der Waals surface area contributed by atoms with Crippen LogP contribution < -0.4 is 15.5 Å². The fourth-order valence-electron chi connectivity index (χ4n) is 4.04. The molecule has 0 aliphatic carbocycles. The molecule has 0 saturated carbocycles.